The largest absolute Gasteiger partial charge is 0.497 e. The summed E-state index contributed by atoms with van der Waals surface area (Å²) < 4.78 is 5.40. The van der Waals surface area contributed by atoms with E-state index in [9.17, 15) is 0 Å². The zero-order valence-corrected chi connectivity index (χ0v) is 12.2. The zero-order valence-electron chi connectivity index (χ0n) is 12.2. The van der Waals surface area contributed by atoms with Crippen LogP contribution in [0, 0.1) is 0 Å². The minimum atomic E-state index is 0.895. The SMILES string of the molecule is COc1ccc2c(N3CCCC3)nc3ccccc3c2c1. The van der Waals surface area contributed by atoms with Crippen molar-refractivity contribution in [2.75, 3.05) is 25.1 Å². The average molecular weight is 278 g/mol. The molecule has 0 amide bonds. The zero-order chi connectivity index (χ0) is 14.2. The molecule has 0 unspecified atom stereocenters. The molecule has 3 heteroatoms. The van der Waals surface area contributed by atoms with Gasteiger partial charge in [-0.3, -0.25) is 0 Å². The van der Waals surface area contributed by atoms with Gasteiger partial charge in [0.1, 0.15) is 11.6 Å². The Kier molecular flexibility index (Phi) is 2.92. The van der Waals surface area contributed by atoms with Crippen molar-refractivity contribution in [3.8, 4) is 5.75 Å². The van der Waals surface area contributed by atoms with E-state index in [1.54, 1.807) is 7.11 Å². The quantitative estimate of drug-likeness (QED) is 0.663. The molecule has 0 bridgehead atoms. The van der Waals surface area contributed by atoms with Gasteiger partial charge in [-0.2, -0.15) is 0 Å². The number of nitrogens with zero attached hydrogens (tertiary/aromatic N) is 2. The van der Waals surface area contributed by atoms with E-state index in [4.69, 9.17) is 9.72 Å². The number of hydrogen-bond donors (Lipinski definition) is 0. The van der Waals surface area contributed by atoms with Crippen LogP contribution in [0.15, 0.2) is 42.5 Å². The predicted octanol–water partition coefficient (Wildman–Crippen LogP) is 4.00. The van der Waals surface area contributed by atoms with Gasteiger partial charge in [-0.25, -0.2) is 4.98 Å². The molecule has 1 aliphatic heterocycles. The summed E-state index contributed by atoms with van der Waals surface area (Å²) in [5, 5.41) is 3.63. The average Bonchev–Trinajstić information content (AvgIpc) is 3.08. The van der Waals surface area contributed by atoms with E-state index in [2.05, 4.69) is 41.3 Å². The van der Waals surface area contributed by atoms with Gasteiger partial charge >= 0.3 is 0 Å². The monoisotopic (exact) mass is 278 g/mol. The molecular weight excluding hydrogens is 260 g/mol. The van der Waals surface area contributed by atoms with Gasteiger partial charge in [0.05, 0.1) is 12.6 Å². The van der Waals surface area contributed by atoms with Crippen LogP contribution in [-0.4, -0.2) is 25.2 Å². The lowest BCUT2D eigenvalue weighted by molar-refractivity contribution is 0.415. The summed E-state index contributed by atoms with van der Waals surface area (Å²) in [5.74, 6) is 2.01. The summed E-state index contributed by atoms with van der Waals surface area (Å²) in [7, 11) is 1.71. The van der Waals surface area contributed by atoms with Crippen molar-refractivity contribution < 1.29 is 4.74 Å². The van der Waals surface area contributed by atoms with Gasteiger partial charge in [0.15, 0.2) is 0 Å². The van der Waals surface area contributed by atoms with E-state index >= 15 is 0 Å². The Balaban J connectivity index is 2.07. The molecule has 2 heterocycles. The van der Waals surface area contributed by atoms with Crippen molar-refractivity contribution in [2.24, 2.45) is 0 Å². The number of benzene rings is 2. The highest BCUT2D eigenvalue weighted by Crippen LogP contribution is 2.34. The fourth-order valence-electron chi connectivity index (χ4n) is 3.21. The lowest BCUT2D eigenvalue weighted by atomic mass is 10.1. The van der Waals surface area contributed by atoms with Crippen LogP contribution in [-0.2, 0) is 0 Å². The van der Waals surface area contributed by atoms with Crippen LogP contribution in [0.5, 0.6) is 5.75 Å². The number of para-hydroxylation sites is 1. The Bertz CT molecular complexity index is 807. The smallest absolute Gasteiger partial charge is 0.137 e. The highest BCUT2D eigenvalue weighted by atomic mass is 16.5. The molecule has 1 fully saturated rings. The number of anilines is 1. The Morgan fingerprint density at radius 2 is 1.76 bits per heavy atom. The van der Waals surface area contributed by atoms with Crippen LogP contribution in [0.25, 0.3) is 21.7 Å². The Hall–Kier alpha value is -2.29. The van der Waals surface area contributed by atoms with Crippen molar-refractivity contribution in [1.82, 2.24) is 4.98 Å². The second kappa shape index (κ2) is 4.92. The van der Waals surface area contributed by atoms with Crippen LogP contribution in [0.2, 0.25) is 0 Å². The van der Waals surface area contributed by atoms with Gasteiger partial charge < -0.3 is 9.64 Å². The molecular formula is C18H18N2O. The minimum absolute atomic E-state index is 0.895. The molecule has 21 heavy (non-hydrogen) atoms. The Labute approximate surface area is 124 Å². The van der Waals surface area contributed by atoms with Gasteiger partial charge in [-0.1, -0.05) is 18.2 Å². The molecule has 0 atom stereocenters. The molecule has 1 saturated heterocycles. The molecule has 0 saturated carbocycles. The number of fused-ring (bicyclic) bond motifs is 3. The van der Waals surface area contributed by atoms with E-state index < -0.39 is 0 Å². The number of hydrogen-bond acceptors (Lipinski definition) is 3. The number of pyridine rings is 1. The Morgan fingerprint density at radius 3 is 2.57 bits per heavy atom. The fraction of sp³-hybridized carbons (Fsp3) is 0.278. The lowest BCUT2D eigenvalue weighted by Gasteiger charge is -2.20. The van der Waals surface area contributed by atoms with E-state index in [1.807, 2.05) is 6.07 Å². The summed E-state index contributed by atoms with van der Waals surface area (Å²) in [4.78, 5) is 7.33. The summed E-state index contributed by atoms with van der Waals surface area (Å²) in [6.45, 7) is 2.21. The van der Waals surface area contributed by atoms with Crippen molar-refractivity contribution in [3.05, 3.63) is 42.5 Å². The van der Waals surface area contributed by atoms with E-state index in [0.29, 0.717) is 0 Å². The molecule has 0 N–H and O–H groups in total. The molecule has 106 valence electrons. The Morgan fingerprint density at radius 1 is 0.952 bits per heavy atom. The molecule has 4 rings (SSSR count). The van der Waals surface area contributed by atoms with Crippen LogP contribution in [0.3, 0.4) is 0 Å². The number of aromatic nitrogens is 1. The van der Waals surface area contributed by atoms with Gasteiger partial charge in [-0.05, 0) is 42.5 Å². The van der Waals surface area contributed by atoms with Crippen LogP contribution in [0.1, 0.15) is 12.8 Å². The normalized spacial score (nSPS) is 15.0. The first kappa shape index (κ1) is 12.5. The summed E-state index contributed by atoms with van der Waals surface area (Å²) >= 11 is 0. The topological polar surface area (TPSA) is 25.4 Å². The van der Waals surface area contributed by atoms with Gasteiger partial charge in [0.25, 0.3) is 0 Å². The first-order chi connectivity index (χ1) is 10.4. The van der Waals surface area contributed by atoms with Crippen molar-refractivity contribution in [3.63, 3.8) is 0 Å². The minimum Gasteiger partial charge on any atom is -0.497 e. The lowest BCUT2D eigenvalue weighted by Crippen LogP contribution is -2.19. The van der Waals surface area contributed by atoms with Gasteiger partial charge in [0.2, 0.25) is 0 Å². The third-order valence-electron chi connectivity index (χ3n) is 4.29. The van der Waals surface area contributed by atoms with Crippen molar-refractivity contribution in [1.29, 1.82) is 0 Å². The van der Waals surface area contributed by atoms with Crippen LogP contribution < -0.4 is 9.64 Å². The highest BCUT2D eigenvalue weighted by molar-refractivity contribution is 6.10. The number of rotatable bonds is 2. The molecule has 3 nitrogen and oxygen atoms in total. The molecule has 0 spiro atoms. The third-order valence-corrected chi connectivity index (χ3v) is 4.29. The van der Waals surface area contributed by atoms with Gasteiger partial charge in [-0.15, -0.1) is 0 Å². The van der Waals surface area contributed by atoms with Gasteiger partial charge in [0, 0.05) is 23.9 Å². The second-order valence-electron chi connectivity index (χ2n) is 5.56. The van der Waals surface area contributed by atoms with Crippen LogP contribution in [0.4, 0.5) is 5.82 Å². The fourth-order valence-corrected chi connectivity index (χ4v) is 3.21. The molecule has 1 aromatic heterocycles. The first-order valence-electron chi connectivity index (χ1n) is 7.48. The van der Waals surface area contributed by atoms with Crippen LogP contribution >= 0.6 is 0 Å². The van der Waals surface area contributed by atoms with E-state index in [-0.39, 0.29) is 0 Å². The van der Waals surface area contributed by atoms with E-state index in [1.165, 1.54) is 29.0 Å². The molecule has 0 aliphatic carbocycles. The van der Waals surface area contributed by atoms with Crippen molar-refractivity contribution in [2.45, 2.75) is 12.8 Å². The summed E-state index contributed by atoms with van der Waals surface area (Å²) in [6, 6.07) is 14.6. The maximum Gasteiger partial charge on any atom is 0.137 e. The molecule has 3 aromatic rings. The van der Waals surface area contributed by atoms with E-state index in [0.717, 1.165) is 30.2 Å². The predicted molar refractivity (Wildman–Crippen MR) is 87.2 cm³/mol. The molecule has 2 aromatic carbocycles. The second-order valence-corrected chi connectivity index (χ2v) is 5.56. The summed E-state index contributed by atoms with van der Waals surface area (Å²) in [6.07, 6.45) is 2.51. The maximum atomic E-state index is 5.40. The molecule has 1 aliphatic rings. The number of ether oxygens (including phenoxy) is 1. The standard InChI is InChI=1S/C18H18N2O/c1-21-13-8-9-15-16(12-13)14-6-2-3-7-17(14)19-18(15)20-10-4-5-11-20/h2-3,6-9,12H,4-5,10-11H2,1H3. The van der Waals surface area contributed by atoms with Crippen molar-refractivity contribution >= 4 is 27.5 Å². The highest BCUT2D eigenvalue weighted by Gasteiger charge is 2.18. The maximum absolute atomic E-state index is 5.40. The first-order valence-corrected chi connectivity index (χ1v) is 7.48. The number of methoxy groups -OCH3 is 1. The summed E-state index contributed by atoms with van der Waals surface area (Å²) in [5.41, 5.74) is 1.06. The molecule has 0 radical (unpaired) electrons. The third kappa shape index (κ3) is 2.00.